The number of nitrogens with one attached hydrogen (secondary N) is 1. The molecule has 5 heteroatoms. The predicted molar refractivity (Wildman–Crippen MR) is 78.4 cm³/mol. The molecule has 2 aromatic rings. The summed E-state index contributed by atoms with van der Waals surface area (Å²) in [6, 6.07) is 4.05. The first kappa shape index (κ1) is 11.9. The van der Waals surface area contributed by atoms with Crippen molar-refractivity contribution < 1.29 is 9.53 Å². The van der Waals surface area contributed by atoms with Crippen LogP contribution in [0.1, 0.15) is 22.6 Å². The molecule has 1 aliphatic carbocycles. The number of hydrogen-bond donors (Lipinski definition) is 1. The number of hydrogen-bond acceptors (Lipinski definition) is 4. The Bertz CT molecular complexity index is 699. The Labute approximate surface area is 120 Å². The maximum Gasteiger partial charge on any atom is 0.262 e. The van der Waals surface area contributed by atoms with Crippen molar-refractivity contribution in [1.29, 1.82) is 0 Å². The Balaban J connectivity index is 1.80. The number of thiazole rings is 1. The summed E-state index contributed by atoms with van der Waals surface area (Å²) in [5.41, 5.74) is 4.10. The lowest BCUT2D eigenvalue weighted by Crippen LogP contribution is -2.25. The third-order valence-corrected chi connectivity index (χ3v) is 4.95. The zero-order valence-corrected chi connectivity index (χ0v) is 12.0. The van der Waals surface area contributed by atoms with Crippen molar-refractivity contribution in [3.63, 3.8) is 0 Å². The minimum atomic E-state index is -0.101. The van der Waals surface area contributed by atoms with E-state index in [1.54, 1.807) is 11.3 Å². The first-order valence-corrected chi connectivity index (χ1v) is 7.58. The lowest BCUT2D eigenvalue weighted by molar-refractivity contribution is -0.118. The van der Waals surface area contributed by atoms with E-state index in [1.165, 1.54) is 17.0 Å². The number of ether oxygens (including phenoxy) is 1. The van der Waals surface area contributed by atoms with Crippen LogP contribution in [0, 0.1) is 6.92 Å². The maximum absolute atomic E-state index is 11.4. The molecule has 1 aliphatic heterocycles. The summed E-state index contributed by atoms with van der Waals surface area (Å²) in [4.78, 5) is 17.6. The fraction of sp³-hybridized carbons (Fsp3) is 0.333. The number of carbonyl (C=O) groups excluding carboxylic acids is 1. The second-order valence-electron chi connectivity index (χ2n) is 5.25. The molecule has 0 bridgehead atoms. The van der Waals surface area contributed by atoms with Crippen molar-refractivity contribution in [3.05, 3.63) is 28.3 Å². The van der Waals surface area contributed by atoms with Crippen LogP contribution >= 0.6 is 11.3 Å². The molecule has 0 radical (unpaired) electrons. The molecule has 1 aromatic heterocycles. The Hall–Kier alpha value is -1.88. The number of rotatable bonds is 1. The summed E-state index contributed by atoms with van der Waals surface area (Å²) in [6.07, 6.45) is 3.47. The molecular formula is C15H14N2O2S. The number of carbonyl (C=O) groups is 1. The molecule has 0 atom stereocenters. The summed E-state index contributed by atoms with van der Waals surface area (Å²) in [5.74, 6) is 0.674. The normalized spacial score (nSPS) is 16.4. The van der Waals surface area contributed by atoms with E-state index in [9.17, 15) is 4.79 Å². The largest absolute Gasteiger partial charge is 0.481 e. The molecule has 2 aliphatic rings. The van der Waals surface area contributed by atoms with E-state index in [2.05, 4.69) is 11.4 Å². The number of anilines is 1. The number of aryl methyl sites for hydroxylation is 3. The van der Waals surface area contributed by atoms with Crippen molar-refractivity contribution >= 4 is 22.9 Å². The Morgan fingerprint density at radius 1 is 1.35 bits per heavy atom. The minimum Gasteiger partial charge on any atom is -0.481 e. The SMILES string of the molecule is Cc1cc(-c2nc3c(s2)CCC3)cc2c1OCC(=O)N2. The van der Waals surface area contributed by atoms with Crippen molar-refractivity contribution in [1.82, 2.24) is 4.98 Å². The van der Waals surface area contributed by atoms with Crippen LogP contribution in [0.3, 0.4) is 0 Å². The molecule has 1 aromatic carbocycles. The predicted octanol–water partition coefficient (Wildman–Crippen LogP) is 2.94. The fourth-order valence-electron chi connectivity index (χ4n) is 2.82. The molecule has 2 heterocycles. The highest BCUT2D eigenvalue weighted by molar-refractivity contribution is 7.15. The highest BCUT2D eigenvalue weighted by Gasteiger charge is 2.22. The highest BCUT2D eigenvalue weighted by atomic mass is 32.1. The first-order valence-electron chi connectivity index (χ1n) is 6.77. The lowest BCUT2D eigenvalue weighted by Gasteiger charge is -2.20. The highest BCUT2D eigenvalue weighted by Crippen LogP contribution is 2.39. The number of fused-ring (bicyclic) bond motifs is 2. The summed E-state index contributed by atoms with van der Waals surface area (Å²) in [5, 5.41) is 3.92. The summed E-state index contributed by atoms with van der Waals surface area (Å²) in [7, 11) is 0. The molecule has 0 fully saturated rings. The molecule has 20 heavy (non-hydrogen) atoms. The van der Waals surface area contributed by atoms with Gasteiger partial charge in [-0.05, 0) is 43.9 Å². The topological polar surface area (TPSA) is 51.2 Å². The summed E-state index contributed by atoms with van der Waals surface area (Å²) < 4.78 is 5.49. The second-order valence-corrected chi connectivity index (χ2v) is 6.33. The number of nitrogens with zero attached hydrogens (tertiary/aromatic N) is 1. The van der Waals surface area contributed by atoms with Crippen molar-refractivity contribution in [2.45, 2.75) is 26.2 Å². The molecule has 0 saturated carbocycles. The van der Waals surface area contributed by atoms with E-state index in [-0.39, 0.29) is 12.5 Å². The van der Waals surface area contributed by atoms with Crippen LogP contribution in [0.15, 0.2) is 12.1 Å². The molecule has 4 rings (SSSR count). The van der Waals surface area contributed by atoms with Crippen LogP contribution in [0.25, 0.3) is 10.6 Å². The zero-order chi connectivity index (χ0) is 13.7. The fourth-order valence-corrected chi connectivity index (χ4v) is 3.96. The maximum atomic E-state index is 11.4. The molecule has 0 unspecified atom stereocenters. The van der Waals surface area contributed by atoms with Crippen LogP contribution in [0.5, 0.6) is 5.75 Å². The third kappa shape index (κ3) is 1.81. The number of amides is 1. The molecule has 4 nitrogen and oxygen atoms in total. The van der Waals surface area contributed by atoms with Crippen LogP contribution in [-0.2, 0) is 17.6 Å². The zero-order valence-electron chi connectivity index (χ0n) is 11.2. The van der Waals surface area contributed by atoms with E-state index in [0.717, 1.165) is 40.4 Å². The summed E-state index contributed by atoms with van der Waals surface area (Å²) >= 11 is 1.77. The first-order chi connectivity index (χ1) is 9.70. The van der Waals surface area contributed by atoms with Gasteiger partial charge in [-0.3, -0.25) is 4.79 Å². The average Bonchev–Trinajstić information content (AvgIpc) is 2.98. The lowest BCUT2D eigenvalue weighted by atomic mass is 10.1. The van der Waals surface area contributed by atoms with Gasteiger partial charge in [0.2, 0.25) is 0 Å². The van der Waals surface area contributed by atoms with Gasteiger partial charge in [-0.25, -0.2) is 4.98 Å². The smallest absolute Gasteiger partial charge is 0.262 e. The average molecular weight is 286 g/mol. The minimum absolute atomic E-state index is 0.0960. The molecule has 1 amide bonds. The molecule has 0 saturated heterocycles. The van der Waals surface area contributed by atoms with E-state index in [4.69, 9.17) is 9.72 Å². The molecule has 0 spiro atoms. The molecule has 1 N–H and O–H groups in total. The van der Waals surface area contributed by atoms with Crippen LogP contribution in [0.2, 0.25) is 0 Å². The number of benzene rings is 1. The Morgan fingerprint density at radius 3 is 3.10 bits per heavy atom. The Morgan fingerprint density at radius 2 is 2.25 bits per heavy atom. The quantitative estimate of drug-likeness (QED) is 0.877. The van der Waals surface area contributed by atoms with Crippen molar-refractivity contribution in [2.75, 3.05) is 11.9 Å². The van der Waals surface area contributed by atoms with Gasteiger partial charge in [-0.1, -0.05) is 0 Å². The standard InChI is InChI=1S/C15H14N2O2S/c1-8-5-9(6-11-14(8)19-7-13(18)16-11)15-17-10-3-2-4-12(10)20-15/h5-6H,2-4,7H2,1H3,(H,16,18). The molecular weight excluding hydrogens is 272 g/mol. The van der Waals surface area contributed by atoms with Gasteiger partial charge in [-0.2, -0.15) is 0 Å². The summed E-state index contributed by atoms with van der Waals surface area (Å²) in [6.45, 7) is 2.10. The van der Waals surface area contributed by atoms with E-state index in [1.807, 2.05) is 13.0 Å². The van der Waals surface area contributed by atoms with Gasteiger partial charge in [0, 0.05) is 10.4 Å². The molecule has 102 valence electrons. The second kappa shape index (κ2) is 4.31. The van der Waals surface area contributed by atoms with Crippen LogP contribution in [0.4, 0.5) is 5.69 Å². The van der Waals surface area contributed by atoms with Crippen molar-refractivity contribution in [3.8, 4) is 16.3 Å². The number of aromatic nitrogens is 1. The van der Waals surface area contributed by atoms with Gasteiger partial charge in [0.1, 0.15) is 10.8 Å². The van der Waals surface area contributed by atoms with E-state index in [0.29, 0.717) is 0 Å². The van der Waals surface area contributed by atoms with Gasteiger partial charge in [-0.15, -0.1) is 11.3 Å². The van der Waals surface area contributed by atoms with Crippen LogP contribution < -0.4 is 10.1 Å². The van der Waals surface area contributed by atoms with Gasteiger partial charge in [0.05, 0.1) is 11.4 Å². The Kier molecular flexibility index (Phi) is 2.57. The van der Waals surface area contributed by atoms with Gasteiger partial charge >= 0.3 is 0 Å². The van der Waals surface area contributed by atoms with E-state index < -0.39 is 0 Å². The van der Waals surface area contributed by atoms with Gasteiger partial charge in [0.25, 0.3) is 5.91 Å². The van der Waals surface area contributed by atoms with Gasteiger partial charge in [0.15, 0.2) is 6.61 Å². The van der Waals surface area contributed by atoms with E-state index >= 15 is 0 Å². The van der Waals surface area contributed by atoms with Gasteiger partial charge < -0.3 is 10.1 Å². The monoisotopic (exact) mass is 286 g/mol. The van der Waals surface area contributed by atoms with Crippen molar-refractivity contribution in [2.24, 2.45) is 0 Å². The third-order valence-electron chi connectivity index (χ3n) is 3.74. The van der Waals surface area contributed by atoms with Crippen LogP contribution in [-0.4, -0.2) is 17.5 Å².